The molecule has 4 saturated carbocycles. The van der Waals surface area contributed by atoms with Gasteiger partial charge >= 0.3 is 12.1 Å². The Labute approximate surface area is 276 Å². The number of esters is 1. The van der Waals surface area contributed by atoms with Crippen molar-refractivity contribution in [2.24, 2.45) is 45.3 Å². The summed E-state index contributed by atoms with van der Waals surface area (Å²) in [7, 11) is 0. The van der Waals surface area contributed by atoms with Crippen LogP contribution in [0.25, 0.3) is 0 Å². The van der Waals surface area contributed by atoms with Gasteiger partial charge in [0.2, 0.25) is 5.91 Å². The number of amides is 2. The first-order chi connectivity index (χ1) is 21.5. The number of likely N-dealkylation sites (tertiary alicyclic amines) is 1. The van der Waals surface area contributed by atoms with Crippen molar-refractivity contribution in [3.8, 4) is 0 Å². The Kier molecular flexibility index (Phi) is 8.28. The fourth-order valence-electron chi connectivity index (χ4n) is 12.4. The molecule has 0 aromatic heterocycles. The lowest BCUT2D eigenvalue weighted by molar-refractivity contribution is -0.212. The first-order valence-electron chi connectivity index (χ1n) is 18.2. The molecule has 0 spiro atoms. The van der Waals surface area contributed by atoms with Crippen LogP contribution in [-0.2, 0) is 23.9 Å². The number of ketones is 1. The van der Waals surface area contributed by atoms with E-state index >= 15 is 0 Å². The van der Waals surface area contributed by atoms with Crippen molar-refractivity contribution in [2.75, 3.05) is 19.7 Å². The lowest BCUT2D eigenvalue weighted by atomic mass is 9.34. The van der Waals surface area contributed by atoms with E-state index in [2.05, 4.69) is 53.8 Å². The number of hydrogen-bond donors (Lipinski definition) is 1. The van der Waals surface area contributed by atoms with Gasteiger partial charge in [-0.25, -0.2) is 4.79 Å². The maximum Gasteiger partial charge on any atom is 0.407 e. The summed E-state index contributed by atoms with van der Waals surface area (Å²) in [6.45, 7) is 19.3. The van der Waals surface area contributed by atoms with Gasteiger partial charge < -0.3 is 19.7 Å². The lowest BCUT2D eigenvalue weighted by Gasteiger charge is -2.70. The highest BCUT2D eigenvalue weighted by molar-refractivity contribution is 5.92. The van der Waals surface area contributed by atoms with E-state index in [1.165, 1.54) is 18.1 Å². The normalized spacial score (nSPS) is 41.5. The molecule has 5 fully saturated rings. The number of carbonyl (C=O) groups is 4. The Morgan fingerprint density at radius 1 is 0.957 bits per heavy atom. The second-order valence-corrected chi connectivity index (χ2v) is 17.5. The maximum absolute atomic E-state index is 13.8. The van der Waals surface area contributed by atoms with Crippen LogP contribution in [-0.4, -0.2) is 60.0 Å². The minimum Gasteiger partial charge on any atom is -0.462 e. The van der Waals surface area contributed by atoms with Gasteiger partial charge in [0.1, 0.15) is 18.5 Å². The molecule has 1 heterocycles. The third kappa shape index (κ3) is 4.88. The molecule has 8 nitrogen and oxygen atoms in total. The quantitative estimate of drug-likeness (QED) is 0.248. The van der Waals surface area contributed by atoms with Crippen molar-refractivity contribution in [1.29, 1.82) is 0 Å². The van der Waals surface area contributed by atoms with Crippen LogP contribution in [0.4, 0.5) is 4.79 Å². The van der Waals surface area contributed by atoms with Crippen molar-refractivity contribution < 1.29 is 28.7 Å². The summed E-state index contributed by atoms with van der Waals surface area (Å²) in [5.74, 6) is 1.13. The van der Waals surface area contributed by atoms with E-state index in [0.29, 0.717) is 31.2 Å². The summed E-state index contributed by atoms with van der Waals surface area (Å²) in [5.41, 5.74) is 1.97. The Morgan fingerprint density at radius 3 is 2.35 bits per heavy atom. The van der Waals surface area contributed by atoms with Gasteiger partial charge in [-0.05, 0) is 97.4 Å². The summed E-state index contributed by atoms with van der Waals surface area (Å²) in [6, 6.07) is 0. The molecule has 1 saturated heterocycles. The number of alkyl carbamates (subject to hydrolysis) is 1. The van der Waals surface area contributed by atoms with Gasteiger partial charge in [-0.3, -0.25) is 14.4 Å². The van der Waals surface area contributed by atoms with Gasteiger partial charge in [0.05, 0.1) is 12.1 Å². The highest BCUT2D eigenvalue weighted by Gasteiger charge is 2.69. The number of nitrogens with one attached hydrogen (secondary N) is 1. The monoisotopic (exact) mass is 638 g/mol. The Balaban J connectivity index is 1.31. The summed E-state index contributed by atoms with van der Waals surface area (Å²) in [4.78, 5) is 53.0. The van der Waals surface area contributed by atoms with Crippen LogP contribution >= 0.6 is 0 Å². The van der Waals surface area contributed by atoms with Crippen LogP contribution in [0.15, 0.2) is 11.1 Å². The molecular weight excluding hydrogens is 580 g/mol. The van der Waals surface area contributed by atoms with E-state index in [0.717, 1.165) is 64.3 Å². The van der Waals surface area contributed by atoms with Gasteiger partial charge in [0.25, 0.3) is 0 Å². The fraction of sp³-hybridized carbons (Fsp3) is 0.842. The van der Waals surface area contributed by atoms with Crippen LogP contribution in [0.1, 0.15) is 126 Å². The zero-order valence-electron chi connectivity index (χ0n) is 29.7. The van der Waals surface area contributed by atoms with E-state index in [4.69, 9.17) is 9.47 Å². The fourth-order valence-corrected chi connectivity index (χ4v) is 12.4. The minimum atomic E-state index is -0.699. The molecular formula is C38H58N2O6. The van der Waals surface area contributed by atoms with E-state index in [1.54, 1.807) is 4.90 Å². The zero-order chi connectivity index (χ0) is 33.4. The van der Waals surface area contributed by atoms with Crippen LogP contribution in [0.2, 0.25) is 0 Å². The van der Waals surface area contributed by atoms with Crippen molar-refractivity contribution >= 4 is 23.8 Å². The van der Waals surface area contributed by atoms with Gasteiger partial charge in [-0.1, -0.05) is 54.0 Å². The van der Waals surface area contributed by atoms with Crippen molar-refractivity contribution in [2.45, 2.75) is 138 Å². The van der Waals surface area contributed by atoms with Gasteiger partial charge in [0, 0.05) is 37.6 Å². The third-order valence-corrected chi connectivity index (χ3v) is 14.7. The Morgan fingerprint density at radius 2 is 1.70 bits per heavy atom. The molecule has 6 rings (SSSR count). The predicted molar refractivity (Wildman–Crippen MR) is 176 cm³/mol. The molecule has 0 aromatic rings. The molecule has 8 atom stereocenters. The molecule has 1 N–H and O–H groups in total. The SMILES string of the molecule is CC(=O)O[C@H]1CC[C@@]2(C)C(CC[C@]3(C)C2CCC2=C4C(C(C)C)C(=O)C[C@]4(NC(=O)OCCN4CCCC4=O)CC[C@]23C)C1(C)C. The topological polar surface area (TPSA) is 102 Å². The third-order valence-electron chi connectivity index (χ3n) is 14.7. The summed E-state index contributed by atoms with van der Waals surface area (Å²) >= 11 is 0. The average Bonchev–Trinajstić information content (AvgIpc) is 3.49. The molecule has 6 aliphatic rings. The Hall–Kier alpha value is -2.38. The predicted octanol–water partition coefficient (Wildman–Crippen LogP) is 7.00. The highest BCUT2D eigenvalue weighted by Crippen LogP contribution is 2.75. The van der Waals surface area contributed by atoms with Crippen LogP contribution < -0.4 is 5.32 Å². The molecule has 0 aromatic carbocycles. The molecule has 0 radical (unpaired) electrons. The van der Waals surface area contributed by atoms with E-state index < -0.39 is 11.6 Å². The standard InChI is InChI=1S/C38H58N2O6/c1-23(2)31-26(42)22-38(39-33(44)45-21-20-40-19-9-10-30(40)43)18-17-36(7)25(32(31)38)11-12-28-35(6)15-14-29(46-24(3)41)34(4,5)27(35)13-16-37(28,36)8/h23,27-29,31H,9-22H2,1-8H3,(H,39,44)/t27?,28?,29-,31?,35-,36+,37+,38+/m0/s1. The van der Waals surface area contributed by atoms with E-state index in [9.17, 15) is 19.2 Å². The number of carbonyl (C=O) groups excluding carboxylic acids is 4. The summed E-state index contributed by atoms with van der Waals surface area (Å²) in [6.07, 6.45) is 9.11. The number of rotatable bonds is 6. The van der Waals surface area contributed by atoms with Crippen LogP contribution in [0.5, 0.6) is 0 Å². The van der Waals surface area contributed by atoms with Crippen molar-refractivity contribution in [1.82, 2.24) is 10.2 Å². The molecule has 8 heteroatoms. The van der Waals surface area contributed by atoms with Gasteiger partial charge in [-0.2, -0.15) is 0 Å². The molecule has 256 valence electrons. The number of Topliss-reactive ketones (excluding diaryl/α,β-unsaturated/α-hetero) is 1. The molecule has 1 aliphatic heterocycles. The smallest absolute Gasteiger partial charge is 0.407 e. The minimum absolute atomic E-state index is 0.0439. The molecule has 0 bridgehead atoms. The number of fused-ring (bicyclic) bond motifs is 6. The van der Waals surface area contributed by atoms with Gasteiger partial charge in [-0.15, -0.1) is 0 Å². The highest BCUT2D eigenvalue weighted by atomic mass is 16.6. The average molecular weight is 639 g/mol. The van der Waals surface area contributed by atoms with Crippen LogP contribution in [0.3, 0.4) is 0 Å². The molecule has 3 unspecified atom stereocenters. The maximum atomic E-state index is 13.8. The Bertz CT molecular complexity index is 1340. The number of nitrogens with zero attached hydrogens (tertiary/aromatic N) is 1. The van der Waals surface area contributed by atoms with Crippen LogP contribution in [0, 0.1) is 45.3 Å². The molecule has 2 amide bonds. The number of hydrogen-bond acceptors (Lipinski definition) is 6. The second-order valence-electron chi connectivity index (χ2n) is 17.5. The number of allylic oxidation sites excluding steroid dienone is 1. The molecule has 5 aliphatic carbocycles. The lowest BCUT2D eigenvalue weighted by Crippen LogP contribution is -2.65. The largest absolute Gasteiger partial charge is 0.462 e. The van der Waals surface area contributed by atoms with Crippen molar-refractivity contribution in [3.63, 3.8) is 0 Å². The first-order valence-corrected chi connectivity index (χ1v) is 18.2. The summed E-state index contributed by atoms with van der Waals surface area (Å²) < 4.78 is 11.6. The van der Waals surface area contributed by atoms with E-state index in [1.807, 2.05) is 0 Å². The number of ether oxygens (including phenoxy) is 2. The van der Waals surface area contributed by atoms with E-state index in [-0.39, 0.29) is 63.9 Å². The van der Waals surface area contributed by atoms with Crippen molar-refractivity contribution in [3.05, 3.63) is 11.1 Å². The second kappa shape index (κ2) is 11.4. The first kappa shape index (κ1) is 33.5. The van der Waals surface area contributed by atoms with Gasteiger partial charge in [0.15, 0.2) is 0 Å². The summed E-state index contributed by atoms with van der Waals surface area (Å²) in [5, 5.41) is 3.28. The molecule has 46 heavy (non-hydrogen) atoms. The zero-order valence-corrected chi connectivity index (χ0v) is 29.7.